The van der Waals surface area contributed by atoms with E-state index in [9.17, 15) is 22.8 Å². The summed E-state index contributed by atoms with van der Waals surface area (Å²) in [6.45, 7) is 0. The molecule has 0 aromatic heterocycles. The Balaban J connectivity index is 3.30. The number of nitrogens with zero attached hydrogens (tertiary/aromatic N) is 1. The highest BCUT2D eigenvalue weighted by Gasteiger charge is 2.34. The van der Waals surface area contributed by atoms with Crippen LogP contribution in [0.25, 0.3) is 0 Å². The fraction of sp³-hybridized carbons (Fsp3) is 0.250. The van der Waals surface area contributed by atoms with E-state index in [4.69, 9.17) is 0 Å². The number of carbonyl (C=O) groups excluding carboxylic acids is 3. The van der Waals surface area contributed by atoms with Crippen molar-refractivity contribution in [1.29, 1.82) is 0 Å². The first kappa shape index (κ1) is 18.2. The van der Waals surface area contributed by atoms with Gasteiger partial charge in [-0.3, -0.25) is 5.32 Å². The lowest BCUT2D eigenvalue weighted by molar-refractivity contribution is 0.187. The molecule has 0 atom stereocenters. The number of benzene rings is 1. The van der Waals surface area contributed by atoms with Crippen LogP contribution in [0.1, 0.15) is 0 Å². The molecule has 0 aliphatic carbocycles. The van der Waals surface area contributed by atoms with Crippen LogP contribution in [-0.2, 0) is 14.8 Å². The molecule has 1 aromatic rings. The Bertz CT molecular complexity index is 702. The summed E-state index contributed by atoms with van der Waals surface area (Å²) in [4.78, 5) is 34.3. The van der Waals surface area contributed by atoms with Crippen molar-refractivity contribution in [1.82, 2.24) is 14.9 Å². The van der Waals surface area contributed by atoms with E-state index in [1.807, 2.05) is 0 Å². The van der Waals surface area contributed by atoms with Gasteiger partial charge in [-0.05, 0) is 18.2 Å². The molecular weight excluding hydrogens is 328 g/mol. The molecule has 0 saturated heterocycles. The number of sulfonamides is 1. The lowest BCUT2D eigenvalue weighted by Gasteiger charge is -2.19. The van der Waals surface area contributed by atoms with Crippen LogP contribution >= 0.6 is 0 Å². The first-order valence-corrected chi connectivity index (χ1v) is 7.65. The van der Waals surface area contributed by atoms with Crippen molar-refractivity contribution in [3.05, 3.63) is 24.3 Å². The maximum Gasteiger partial charge on any atom is 0.411 e. The van der Waals surface area contributed by atoms with Crippen LogP contribution in [0, 0.1) is 0 Å². The van der Waals surface area contributed by atoms with Gasteiger partial charge in [0.1, 0.15) is 0 Å². The minimum atomic E-state index is -4.47. The van der Waals surface area contributed by atoms with E-state index in [2.05, 4.69) is 20.7 Å². The van der Waals surface area contributed by atoms with Gasteiger partial charge in [0.2, 0.25) is 0 Å². The summed E-state index contributed by atoms with van der Waals surface area (Å²) in [5.41, 5.74) is 0.117. The Kier molecular flexibility index (Phi) is 5.90. The molecule has 3 N–H and O–H groups in total. The molecule has 5 amide bonds. The molecule has 23 heavy (non-hydrogen) atoms. The Morgan fingerprint density at radius 1 is 1.09 bits per heavy atom. The summed E-state index contributed by atoms with van der Waals surface area (Å²) < 4.78 is 29.4. The first-order valence-electron chi connectivity index (χ1n) is 6.21. The molecule has 0 bridgehead atoms. The molecule has 0 fully saturated rings. The largest absolute Gasteiger partial charge is 0.453 e. The highest BCUT2D eigenvalue weighted by molar-refractivity contribution is 7.90. The minimum Gasteiger partial charge on any atom is -0.453 e. The van der Waals surface area contributed by atoms with Crippen molar-refractivity contribution >= 4 is 33.9 Å². The summed E-state index contributed by atoms with van der Waals surface area (Å²) >= 11 is 0. The highest BCUT2D eigenvalue weighted by atomic mass is 32.2. The van der Waals surface area contributed by atoms with E-state index in [0.717, 1.165) is 13.2 Å². The number of imide groups is 1. The second-order valence-electron chi connectivity index (χ2n) is 4.02. The highest BCUT2D eigenvalue weighted by Crippen LogP contribution is 2.20. The third kappa shape index (κ3) is 4.10. The number of nitrogens with one attached hydrogen (secondary N) is 3. The number of rotatable bonds is 3. The quantitative estimate of drug-likeness (QED) is 0.732. The fourth-order valence-electron chi connectivity index (χ4n) is 1.52. The van der Waals surface area contributed by atoms with Gasteiger partial charge in [-0.25, -0.2) is 22.8 Å². The van der Waals surface area contributed by atoms with Crippen LogP contribution in [-0.4, -0.2) is 52.1 Å². The number of urea groups is 2. The predicted octanol–water partition coefficient (Wildman–Crippen LogP) is 0.534. The molecule has 1 rings (SSSR count). The standard InChI is InChI=1S/C12H16N4O6S/c1-13-10(17)16(11(18)14-2)23(20,21)9-6-4-5-8(7-9)15-12(19)22-3/h4-7H,1-3H3,(H,13,17)(H,14,18)(H,15,19). The number of amides is 5. The van der Waals surface area contributed by atoms with Gasteiger partial charge in [0.15, 0.2) is 0 Å². The molecular formula is C12H16N4O6S. The zero-order chi connectivity index (χ0) is 17.6. The summed E-state index contributed by atoms with van der Waals surface area (Å²) in [6, 6.07) is 2.76. The summed E-state index contributed by atoms with van der Waals surface area (Å²) in [7, 11) is -0.957. The van der Waals surface area contributed by atoms with Gasteiger partial charge in [0.25, 0.3) is 10.0 Å². The monoisotopic (exact) mass is 344 g/mol. The zero-order valence-electron chi connectivity index (χ0n) is 12.6. The summed E-state index contributed by atoms with van der Waals surface area (Å²) in [5.74, 6) is 0. The van der Waals surface area contributed by atoms with Crippen molar-refractivity contribution in [2.75, 3.05) is 26.5 Å². The Morgan fingerprint density at radius 3 is 2.13 bits per heavy atom. The van der Waals surface area contributed by atoms with E-state index >= 15 is 0 Å². The SMILES string of the molecule is CNC(=O)N(C(=O)NC)S(=O)(=O)c1cccc(NC(=O)OC)c1. The molecule has 0 aliphatic rings. The van der Waals surface area contributed by atoms with Crippen LogP contribution in [0.4, 0.5) is 20.1 Å². The van der Waals surface area contributed by atoms with E-state index in [1.165, 1.54) is 32.3 Å². The zero-order valence-corrected chi connectivity index (χ0v) is 13.4. The van der Waals surface area contributed by atoms with Crippen LogP contribution in [0.2, 0.25) is 0 Å². The van der Waals surface area contributed by atoms with Gasteiger partial charge < -0.3 is 15.4 Å². The van der Waals surface area contributed by atoms with Crippen LogP contribution in [0.15, 0.2) is 29.2 Å². The molecule has 126 valence electrons. The molecule has 0 heterocycles. The summed E-state index contributed by atoms with van der Waals surface area (Å²) in [6.07, 6.45) is -0.797. The van der Waals surface area contributed by atoms with E-state index < -0.39 is 28.2 Å². The Morgan fingerprint density at radius 2 is 1.65 bits per heavy atom. The van der Waals surface area contributed by atoms with Crippen molar-refractivity contribution in [2.45, 2.75) is 4.90 Å². The van der Waals surface area contributed by atoms with Gasteiger partial charge in [-0.15, -0.1) is 4.31 Å². The Labute approximate surface area is 132 Å². The molecule has 0 saturated carbocycles. The maximum atomic E-state index is 12.5. The number of carbonyl (C=O) groups is 3. The smallest absolute Gasteiger partial charge is 0.411 e. The van der Waals surface area contributed by atoms with Crippen LogP contribution in [0.5, 0.6) is 0 Å². The summed E-state index contributed by atoms with van der Waals surface area (Å²) in [5, 5.41) is 6.42. The molecule has 0 unspecified atom stereocenters. The number of anilines is 1. The molecule has 0 spiro atoms. The Hall–Kier alpha value is -2.82. The van der Waals surface area contributed by atoms with Crippen molar-refractivity contribution in [2.24, 2.45) is 0 Å². The van der Waals surface area contributed by atoms with Crippen LogP contribution < -0.4 is 16.0 Å². The molecule has 1 aromatic carbocycles. The second-order valence-corrected chi connectivity index (χ2v) is 5.81. The molecule has 0 aliphatic heterocycles. The molecule has 10 nitrogen and oxygen atoms in total. The molecule has 0 radical (unpaired) electrons. The van der Waals surface area contributed by atoms with Gasteiger partial charge in [-0.1, -0.05) is 6.07 Å². The van der Waals surface area contributed by atoms with Gasteiger partial charge in [0.05, 0.1) is 12.0 Å². The van der Waals surface area contributed by atoms with Gasteiger partial charge in [-0.2, -0.15) is 0 Å². The lowest BCUT2D eigenvalue weighted by atomic mass is 10.3. The normalized spacial score (nSPS) is 10.4. The van der Waals surface area contributed by atoms with Crippen molar-refractivity contribution in [3.8, 4) is 0 Å². The van der Waals surface area contributed by atoms with Gasteiger partial charge >= 0.3 is 18.2 Å². The average molecular weight is 344 g/mol. The first-order chi connectivity index (χ1) is 10.8. The number of hydrogen-bond acceptors (Lipinski definition) is 6. The maximum absolute atomic E-state index is 12.5. The molecule has 11 heteroatoms. The third-order valence-electron chi connectivity index (χ3n) is 2.60. The minimum absolute atomic E-state index is 0.0459. The van der Waals surface area contributed by atoms with Gasteiger partial charge in [0, 0.05) is 19.8 Å². The predicted molar refractivity (Wildman–Crippen MR) is 80.4 cm³/mol. The number of methoxy groups -OCH3 is 1. The number of ether oxygens (including phenoxy) is 1. The lowest BCUT2D eigenvalue weighted by Crippen LogP contribution is -2.49. The number of hydrogen-bond donors (Lipinski definition) is 3. The van der Waals surface area contributed by atoms with Crippen molar-refractivity contribution in [3.63, 3.8) is 0 Å². The third-order valence-corrected chi connectivity index (χ3v) is 4.26. The topological polar surface area (TPSA) is 134 Å². The average Bonchev–Trinajstić information content (AvgIpc) is 2.54. The second kappa shape index (κ2) is 7.45. The van der Waals surface area contributed by atoms with E-state index in [-0.39, 0.29) is 14.9 Å². The van der Waals surface area contributed by atoms with Crippen molar-refractivity contribution < 1.29 is 27.5 Å². The fourth-order valence-corrected chi connectivity index (χ4v) is 2.88. The van der Waals surface area contributed by atoms with E-state index in [1.54, 1.807) is 0 Å². The van der Waals surface area contributed by atoms with E-state index in [0.29, 0.717) is 0 Å². The van der Waals surface area contributed by atoms with Crippen LogP contribution in [0.3, 0.4) is 0 Å².